The molecule has 0 saturated carbocycles. The van der Waals surface area contributed by atoms with Gasteiger partial charge in [0, 0.05) is 56.8 Å². The quantitative estimate of drug-likeness (QED) is 0.185. The number of imidazole rings is 2. The normalized spacial score (nSPS) is 10.7. The van der Waals surface area contributed by atoms with Crippen LogP contribution in [-0.2, 0) is 40.4 Å². The standard InChI is InChI=1S/2C12H13N2.C9H5F3N3.Ir/c2*1-10-4-5-12(11(2)8-10)14-7-6-13(3)9-14;10-9(11,12)8-5-7(14-15-8)6-3-1-2-4-13-6;/h2*4,6-8H,1-3H3;1-5H;/q3*-1;. The zero-order valence-corrected chi connectivity index (χ0v) is 27.5. The number of hydrogen-bond donors (Lipinski definition) is 0. The first-order valence-electron chi connectivity index (χ1n) is 13.3. The Kier molecular flexibility index (Phi) is 11.6. The molecule has 1 radical (unpaired) electrons. The molecule has 44 heavy (non-hydrogen) atoms. The zero-order valence-electron chi connectivity index (χ0n) is 25.1. The Morgan fingerprint density at radius 1 is 0.795 bits per heavy atom. The number of halogens is 3. The van der Waals surface area contributed by atoms with E-state index >= 15 is 0 Å². The van der Waals surface area contributed by atoms with Crippen LogP contribution in [0.1, 0.15) is 27.9 Å². The van der Waals surface area contributed by atoms with Gasteiger partial charge in [-0.3, -0.25) is 4.98 Å². The molecule has 0 bridgehead atoms. The summed E-state index contributed by atoms with van der Waals surface area (Å²) in [6.45, 7) is 8.33. The molecule has 0 N–H and O–H groups in total. The number of nitrogens with zero attached hydrogens (tertiary/aromatic N) is 7. The van der Waals surface area contributed by atoms with Gasteiger partial charge in [-0.2, -0.15) is 71.8 Å². The number of rotatable bonds is 3. The predicted molar refractivity (Wildman–Crippen MR) is 154 cm³/mol. The maximum absolute atomic E-state index is 12.2. The van der Waals surface area contributed by atoms with Gasteiger partial charge in [-0.1, -0.05) is 50.8 Å². The minimum atomic E-state index is -4.46. The van der Waals surface area contributed by atoms with Crippen LogP contribution in [0.2, 0.25) is 0 Å². The fourth-order valence-corrected chi connectivity index (χ4v) is 4.14. The van der Waals surface area contributed by atoms with Gasteiger partial charge in [0.15, 0.2) is 0 Å². The average molecular weight is 775 g/mol. The second kappa shape index (κ2) is 14.9. The summed E-state index contributed by atoms with van der Waals surface area (Å²) in [5.41, 5.74) is 6.56. The molecule has 0 spiro atoms. The van der Waals surface area contributed by atoms with Crippen LogP contribution < -0.4 is 14.2 Å². The van der Waals surface area contributed by atoms with Crippen LogP contribution in [0.25, 0.3) is 22.8 Å². The Balaban J connectivity index is 0.000000178. The molecule has 0 aliphatic rings. The van der Waals surface area contributed by atoms with Crippen LogP contribution in [0.5, 0.6) is 0 Å². The van der Waals surface area contributed by atoms with Crippen molar-refractivity contribution in [2.75, 3.05) is 0 Å². The van der Waals surface area contributed by atoms with Crippen molar-refractivity contribution in [2.45, 2.75) is 33.9 Å². The summed E-state index contributed by atoms with van der Waals surface area (Å²) in [6.07, 6.45) is 11.2. The van der Waals surface area contributed by atoms with Crippen LogP contribution in [0.4, 0.5) is 13.2 Å². The van der Waals surface area contributed by atoms with Crippen molar-refractivity contribution in [3.8, 4) is 22.8 Å². The molecule has 7 nitrogen and oxygen atoms in total. The fraction of sp³-hybridized carbons (Fsp3) is 0.212. The largest absolute Gasteiger partial charge is 0.573 e. The summed E-state index contributed by atoms with van der Waals surface area (Å²) in [5, 5.41) is 6.47. The van der Waals surface area contributed by atoms with E-state index in [-0.39, 0.29) is 25.8 Å². The van der Waals surface area contributed by atoms with Crippen LogP contribution >= 0.6 is 0 Å². The van der Waals surface area contributed by atoms with E-state index in [9.17, 15) is 13.2 Å². The summed E-state index contributed by atoms with van der Waals surface area (Å²) >= 11 is 0. The molecule has 0 saturated heterocycles. The second-order valence-electron chi connectivity index (χ2n) is 10.0. The Morgan fingerprint density at radius 3 is 1.68 bits per heavy atom. The van der Waals surface area contributed by atoms with E-state index < -0.39 is 11.9 Å². The Bertz CT molecular complexity index is 1700. The molecule has 0 fully saturated rings. The summed E-state index contributed by atoms with van der Waals surface area (Å²) in [7, 11) is 3.92. The molecule has 4 heterocycles. The van der Waals surface area contributed by atoms with Gasteiger partial charge < -0.3 is 28.5 Å². The maximum Gasteiger partial charge on any atom is 0.431 e. The zero-order chi connectivity index (χ0) is 31.1. The Morgan fingerprint density at radius 2 is 1.32 bits per heavy atom. The molecule has 6 aromatic rings. The van der Waals surface area contributed by atoms with Crippen molar-refractivity contribution >= 4 is 0 Å². The minimum Gasteiger partial charge on any atom is -0.573 e. The van der Waals surface area contributed by atoms with Gasteiger partial charge >= 0.3 is 6.18 Å². The summed E-state index contributed by atoms with van der Waals surface area (Å²) in [5.74, 6) is 0. The molecule has 11 heteroatoms. The molecule has 4 aromatic heterocycles. The first-order chi connectivity index (χ1) is 20.4. The minimum absolute atomic E-state index is 0. The molecule has 0 aliphatic heterocycles. The molecular formula is C33H31F3IrN7-3. The number of alkyl halides is 3. The van der Waals surface area contributed by atoms with Crippen molar-refractivity contribution in [3.63, 3.8) is 0 Å². The van der Waals surface area contributed by atoms with Crippen molar-refractivity contribution < 1.29 is 42.4 Å². The van der Waals surface area contributed by atoms with Crippen LogP contribution in [0.15, 0.2) is 79.5 Å². The van der Waals surface area contributed by atoms with Crippen molar-refractivity contribution in [2.24, 2.45) is 14.1 Å². The van der Waals surface area contributed by atoms with Crippen LogP contribution in [0.3, 0.4) is 0 Å². The van der Waals surface area contributed by atoms with E-state index in [1.807, 2.05) is 69.3 Å². The van der Waals surface area contributed by atoms with E-state index in [1.165, 1.54) is 28.5 Å². The summed E-state index contributed by atoms with van der Waals surface area (Å²) < 4.78 is 44.3. The van der Waals surface area contributed by atoms with Crippen LogP contribution in [0, 0.1) is 52.5 Å². The van der Waals surface area contributed by atoms with Gasteiger partial charge in [0.05, 0.1) is 14.1 Å². The molecule has 0 amide bonds. The van der Waals surface area contributed by atoms with Crippen molar-refractivity contribution in [3.05, 3.63) is 132 Å². The molecule has 0 aliphatic carbocycles. The Labute approximate surface area is 269 Å². The van der Waals surface area contributed by atoms with Gasteiger partial charge in [0.2, 0.25) is 12.7 Å². The van der Waals surface area contributed by atoms with E-state index in [0.717, 1.165) is 17.4 Å². The summed E-state index contributed by atoms with van der Waals surface area (Å²) in [4.78, 5) is 3.87. The molecule has 2 aromatic carbocycles. The third-order valence-corrected chi connectivity index (χ3v) is 6.16. The Hall–Kier alpha value is -4.34. The van der Waals surface area contributed by atoms with E-state index in [0.29, 0.717) is 5.69 Å². The van der Waals surface area contributed by atoms with Gasteiger partial charge in [0.25, 0.3) is 0 Å². The van der Waals surface area contributed by atoms with Gasteiger partial charge in [0.1, 0.15) is 5.69 Å². The van der Waals surface area contributed by atoms with Crippen molar-refractivity contribution in [1.29, 1.82) is 0 Å². The molecule has 0 unspecified atom stereocenters. The van der Waals surface area contributed by atoms with E-state index in [4.69, 9.17) is 0 Å². The number of hydrogen-bond acceptors (Lipinski definition) is 2. The van der Waals surface area contributed by atoms with Gasteiger partial charge in [-0.05, 0) is 18.2 Å². The second-order valence-corrected chi connectivity index (χ2v) is 10.0. The number of pyridine rings is 1. The molecular weight excluding hydrogens is 744 g/mol. The average Bonchev–Trinajstić information content (AvgIpc) is 3.71. The van der Waals surface area contributed by atoms with Gasteiger partial charge in [-0.15, -0.1) is 0 Å². The molecule has 0 atom stereocenters. The monoisotopic (exact) mass is 775 g/mol. The smallest absolute Gasteiger partial charge is 0.431 e. The third kappa shape index (κ3) is 9.08. The first kappa shape index (κ1) is 34.2. The molecule has 231 valence electrons. The van der Waals surface area contributed by atoms with Gasteiger partial charge in [-0.25, -0.2) is 0 Å². The number of benzene rings is 2. The SMILES string of the molecule is Cc1c[c-]c(-n2[c-][n+](C)cc2)c(C)c1.Cc1c[c-]c(-n2[c-][n+](C)cc2)c(C)c1.FC(F)(F)c1cc(-c2ccccn2)[n-]n1.[Ir]. The van der Waals surface area contributed by atoms with Crippen molar-refractivity contribution in [1.82, 2.24) is 24.3 Å². The molecule has 6 rings (SSSR count). The number of aromatic nitrogens is 7. The summed E-state index contributed by atoms with van der Waals surface area (Å²) in [6, 6.07) is 20.6. The predicted octanol–water partition coefficient (Wildman–Crippen LogP) is 5.16. The topological polar surface area (TPSA) is 57.5 Å². The van der Waals surface area contributed by atoms with E-state index in [1.54, 1.807) is 18.2 Å². The fourth-order valence-electron chi connectivity index (χ4n) is 4.14. The number of aryl methyl sites for hydroxylation is 6. The first-order valence-corrected chi connectivity index (χ1v) is 13.3. The third-order valence-electron chi connectivity index (χ3n) is 6.16. The van der Waals surface area contributed by atoms with Crippen LogP contribution in [-0.4, -0.2) is 19.2 Å². The maximum atomic E-state index is 12.2. The van der Waals surface area contributed by atoms with E-state index in [2.05, 4.69) is 79.8 Å².